The van der Waals surface area contributed by atoms with Crippen molar-refractivity contribution in [3.8, 4) is 0 Å². The van der Waals surface area contributed by atoms with E-state index in [1.165, 1.54) is 10.4 Å². The fourth-order valence-corrected chi connectivity index (χ4v) is 5.15. The first-order valence-corrected chi connectivity index (χ1v) is 11.7. The maximum atomic E-state index is 12.6. The molecule has 2 aliphatic heterocycles. The first-order chi connectivity index (χ1) is 14.6. The Bertz CT molecular complexity index is 921. The number of halogens is 2. The molecule has 9 heteroatoms. The zero-order valence-corrected chi connectivity index (χ0v) is 21.5. The van der Waals surface area contributed by atoms with E-state index in [1.807, 2.05) is 23.1 Å². The van der Waals surface area contributed by atoms with Crippen LogP contribution in [-0.2, 0) is 17.8 Å². The Morgan fingerprint density at radius 2 is 2.19 bits per heavy atom. The Hall–Kier alpha value is -1.52. The van der Waals surface area contributed by atoms with Crippen molar-refractivity contribution in [1.82, 2.24) is 15.5 Å². The largest absolute Gasteiger partial charge is 0.369 e. The molecule has 2 aliphatic rings. The molecule has 0 spiro atoms. The molecule has 1 aromatic heterocycles. The van der Waals surface area contributed by atoms with Crippen molar-refractivity contribution in [2.24, 2.45) is 4.99 Å². The number of fused-ring (bicyclic) bond motifs is 1. The van der Waals surface area contributed by atoms with Crippen molar-refractivity contribution in [2.75, 3.05) is 38.1 Å². The van der Waals surface area contributed by atoms with E-state index >= 15 is 0 Å². The third-order valence-electron chi connectivity index (χ3n) is 5.72. The van der Waals surface area contributed by atoms with Gasteiger partial charge in [-0.3, -0.25) is 9.79 Å². The summed E-state index contributed by atoms with van der Waals surface area (Å²) in [5.74, 6) is 0.947. The quantitative estimate of drug-likeness (QED) is 0.325. The third-order valence-corrected chi connectivity index (χ3v) is 6.98. The van der Waals surface area contributed by atoms with Gasteiger partial charge >= 0.3 is 0 Å². The summed E-state index contributed by atoms with van der Waals surface area (Å²) in [6.07, 6.45) is 2.47. The highest BCUT2D eigenvalue weighted by Crippen LogP contribution is 2.25. The van der Waals surface area contributed by atoms with Crippen LogP contribution >= 0.6 is 46.9 Å². The van der Waals surface area contributed by atoms with Crippen LogP contribution in [0.4, 0.5) is 5.69 Å². The van der Waals surface area contributed by atoms with E-state index in [4.69, 9.17) is 11.6 Å². The number of carbonyl (C=O) groups excluding carboxylic acids is 1. The number of carbonyl (C=O) groups is 1. The molecule has 2 N–H and O–H groups in total. The Morgan fingerprint density at radius 1 is 1.32 bits per heavy atom. The predicted octanol–water partition coefficient (Wildman–Crippen LogP) is 3.74. The number of anilines is 1. The van der Waals surface area contributed by atoms with Crippen LogP contribution in [0.3, 0.4) is 0 Å². The lowest BCUT2D eigenvalue weighted by Gasteiger charge is -2.27. The molecule has 0 aliphatic carbocycles. The van der Waals surface area contributed by atoms with E-state index < -0.39 is 0 Å². The number of guanidine groups is 1. The summed E-state index contributed by atoms with van der Waals surface area (Å²) >= 11 is 7.92. The molecule has 1 fully saturated rings. The molecule has 0 bridgehead atoms. The van der Waals surface area contributed by atoms with E-state index in [9.17, 15) is 4.79 Å². The molecule has 4 rings (SSSR count). The second-order valence-electron chi connectivity index (χ2n) is 7.74. The molecule has 3 heterocycles. The first kappa shape index (κ1) is 24.1. The fourth-order valence-electron chi connectivity index (χ4n) is 4.08. The smallest absolute Gasteiger partial charge is 0.224 e. The van der Waals surface area contributed by atoms with E-state index in [1.54, 1.807) is 18.4 Å². The summed E-state index contributed by atoms with van der Waals surface area (Å²) in [7, 11) is 1.77. The molecule has 31 heavy (non-hydrogen) atoms. The molecule has 1 amide bonds. The third kappa shape index (κ3) is 6.26. The van der Waals surface area contributed by atoms with Crippen molar-refractivity contribution >= 4 is 64.5 Å². The Morgan fingerprint density at radius 3 is 3.00 bits per heavy atom. The lowest BCUT2D eigenvalue weighted by Crippen LogP contribution is -2.45. The van der Waals surface area contributed by atoms with Crippen LogP contribution in [0.1, 0.15) is 23.3 Å². The minimum Gasteiger partial charge on any atom is -0.369 e. The van der Waals surface area contributed by atoms with Crippen molar-refractivity contribution in [3.63, 3.8) is 0 Å². The SMILES string of the molecule is CN=C(NCCC(=O)N1CCc2sccc2C1)NC1CCN(c2cccc(Cl)c2)C1.I. The van der Waals surface area contributed by atoms with Crippen LogP contribution in [0.5, 0.6) is 0 Å². The first-order valence-electron chi connectivity index (χ1n) is 10.4. The predicted molar refractivity (Wildman–Crippen MR) is 140 cm³/mol. The summed E-state index contributed by atoms with van der Waals surface area (Å²) in [4.78, 5) is 22.6. The molecule has 1 aromatic carbocycles. The van der Waals surface area contributed by atoms with Crippen molar-refractivity contribution < 1.29 is 4.79 Å². The zero-order chi connectivity index (χ0) is 20.9. The van der Waals surface area contributed by atoms with Gasteiger partial charge in [0, 0.05) is 67.8 Å². The normalized spacial score (nSPS) is 18.4. The van der Waals surface area contributed by atoms with E-state index in [2.05, 4.69) is 38.0 Å². The molecular formula is C22H29ClIN5OS. The van der Waals surface area contributed by atoms with Crippen molar-refractivity contribution in [1.29, 1.82) is 0 Å². The van der Waals surface area contributed by atoms with Crippen LogP contribution in [-0.4, -0.2) is 56.0 Å². The van der Waals surface area contributed by atoms with Gasteiger partial charge in [-0.05, 0) is 48.1 Å². The second kappa shape index (κ2) is 11.4. The van der Waals surface area contributed by atoms with Crippen LogP contribution < -0.4 is 15.5 Å². The van der Waals surface area contributed by atoms with Gasteiger partial charge in [-0.1, -0.05) is 17.7 Å². The Balaban J connectivity index is 0.00000272. The van der Waals surface area contributed by atoms with Gasteiger partial charge in [-0.2, -0.15) is 0 Å². The van der Waals surface area contributed by atoms with Crippen LogP contribution in [0.2, 0.25) is 5.02 Å². The summed E-state index contributed by atoms with van der Waals surface area (Å²) in [5, 5.41) is 9.66. The number of hydrogen-bond acceptors (Lipinski definition) is 4. The molecule has 1 unspecified atom stereocenters. The number of aliphatic imine (C=N–C) groups is 1. The van der Waals surface area contributed by atoms with Crippen LogP contribution in [0, 0.1) is 0 Å². The Kier molecular flexibility index (Phi) is 8.85. The van der Waals surface area contributed by atoms with Gasteiger partial charge in [0.25, 0.3) is 0 Å². The van der Waals surface area contributed by atoms with E-state index in [0.717, 1.165) is 55.7 Å². The maximum Gasteiger partial charge on any atom is 0.224 e. The lowest BCUT2D eigenvalue weighted by atomic mass is 10.1. The molecular weight excluding hydrogens is 545 g/mol. The highest BCUT2D eigenvalue weighted by atomic mass is 127. The summed E-state index contributed by atoms with van der Waals surface area (Å²) in [6, 6.07) is 10.4. The number of rotatable bonds is 5. The number of nitrogens with one attached hydrogen (secondary N) is 2. The monoisotopic (exact) mass is 573 g/mol. The average molecular weight is 574 g/mol. The van der Waals surface area contributed by atoms with Crippen LogP contribution in [0.25, 0.3) is 0 Å². The highest BCUT2D eigenvalue weighted by Gasteiger charge is 2.24. The molecule has 1 atom stereocenters. The van der Waals surface area contributed by atoms with Gasteiger partial charge in [-0.25, -0.2) is 0 Å². The molecule has 2 aromatic rings. The van der Waals surface area contributed by atoms with Gasteiger partial charge in [0.15, 0.2) is 5.96 Å². The van der Waals surface area contributed by atoms with Crippen LogP contribution in [0.15, 0.2) is 40.7 Å². The summed E-state index contributed by atoms with van der Waals surface area (Å²) < 4.78 is 0. The van der Waals surface area contributed by atoms with Crippen molar-refractivity contribution in [2.45, 2.75) is 31.8 Å². The fraction of sp³-hybridized carbons (Fsp3) is 0.455. The van der Waals surface area contributed by atoms with Gasteiger partial charge < -0.3 is 20.4 Å². The second-order valence-corrected chi connectivity index (χ2v) is 9.18. The number of amides is 1. The molecule has 168 valence electrons. The topological polar surface area (TPSA) is 60.0 Å². The average Bonchev–Trinajstić information content (AvgIpc) is 3.41. The Labute approximate surface area is 210 Å². The minimum atomic E-state index is 0. The van der Waals surface area contributed by atoms with Gasteiger partial charge in [0.1, 0.15) is 0 Å². The standard InChI is InChI=1S/C22H28ClN5OS.HI/c1-24-22(26-18-6-10-27(15-18)19-4-2-3-17(23)13-19)25-9-5-21(29)28-11-7-20-16(14-28)8-12-30-20;/h2-4,8,12-13,18H,5-7,9-11,14-15H2,1H3,(H2,24,25,26);1H. The molecule has 0 saturated carbocycles. The van der Waals surface area contributed by atoms with Gasteiger partial charge in [0.05, 0.1) is 0 Å². The van der Waals surface area contributed by atoms with Crippen molar-refractivity contribution in [3.05, 3.63) is 51.2 Å². The number of nitrogens with zero attached hydrogens (tertiary/aromatic N) is 3. The zero-order valence-electron chi connectivity index (χ0n) is 17.6. The van der Waals surface area contributed by atoms with Gasteiger partial charge in [0.2, 0.25) is 5.91 Å². The minimum absolute atomic E-state index is 0. The molecule has 1 saturated heterocycles. The lowest BCUT2D eigenvalue weighted by molar-refractivity contribution is -0.131. The maximum absolute atomic E-state index is 12.6. The molecule has 6 nitrogen and oxygen atoms in total. The number of benzene rings is 1. The van der Waals surface area contributed by atoms with Gasteiger partial charge in [-0.15, -0.1) is 35.3 Å². The number of thiophene rings is 1. The van der Waals surface area contributed by atoms with E-state index in [-0.39, 0.29) is 29.9 Å². The van der Waals surface area contributed by atoms with E-state index in [0.29, 0.717) is 19.0 Å². The summed E-state index contributed by atoms with van der Waals surface area (Å²) in [6.45, 7) is 4.02. The number of hydrogen-bond donors (Lipinski definition) is 2. The highest BCUT2D eigenvalue weighted by molar-refractivity contribution is 14.0. The summed E-state index contributed by atoms with van der Waals surface area (Å²) in [5.41, 5.74) is 2.45. The molecule has 0 radical (unpaired) electrons.